The van der Waals surface area contributed by atoms with Gasteiger partial charge in [0.05, 0.1) is 12.6 Å². The molecule has 0 aliphatic carbocycles. The van der Waals surface area contributed by atoms with E-state index in [-0.39, 0.29) is 0 Å². The van der Waals surface area contributed by atoms with E-state index in [0.29, 0.717) is 6.04 Å². The molecule has 0 saturated heterocycles. The van der Waals surface area contributed by atoms with E-state index in [0.717, 1.165) is 24.5 Å². The lowest BCUT2D eigenvalue weighted by Crippen LogP contribution is -2.20. The topological polar surface area (TPSA) is 21.3 Å². The maximum Gasteiger partial charge on any atom is 0.124 e. The monoisotopic (exact) mass is 351 g/mol. The summed E-state index contributed by atoms with van der Waals surface area (Å²) in [6.45, 7) is 0.777. The van der Waals surface area contributed by atoms with Gasteiger partial charge in [-0.05, 0) is 52.9 Å². The number of nitrogens with one attached hydrogen (secondary N) is 1. The first-order valence-corrected chi connectivity index (χ1v) is 7.14. The largest absolute Gasteiger partial charge is 0.493 e. The van der Waals surface area contributed by atoms with Gasteiger partial charge in [-0.15, -0.1) is 0 Å². The fourth-order valence-corrected chi connectivity index (χ4v) is 2.60. The molecule has 0 amide bonds. The third-order valence-electron chi connectivity index (χ3n) is 3.14. The Morgan fingerprint density at radius 2 is 1.83 bits per heavy atom. The lowest BCUT2D eigenvalue weighted by Gasteiger charge is -2.27. The van der Waals surface area contributed by atoms with Crippen molar-refractivity contribution in [2.75, 3.05) is 11.9 Å². The Hall–Kier alpha value is -1.23. The van der Waals surface area contributed by atoms with E-state index >= 15 is 0 Å². The Kier molecular flexibility index (Phi) is 3.41. The van der Waals surface area contributed by atoms with Gasteiger partial charge in [-0.2, -0.15) is 0 Å². The van der Waals surface area contributed by atoms with Gasteiger partial charge in [-0.3, -0.25) is 0 Å². The molecule has 0 radical (unpaired) electrons. The average molecular weight is 351 g/mol. The Morgan fingerprint density at radius 1 is 1.06 bits per heavy atom. The number of anilines is 1. The Balaban J connectivity index is 1.84. The molecule has 0 saturated carbocycles. The number of hydrogen-bond acceptors (Lipinski definition) is 2. The first kappa shape index (κ1) is 11.8. The van der Waals surface area contributed by atoms with Gasteiger partial charge in [0.25, 0.3) is 0 Å². The number of fused-ring (bicyclic) bond motifs is 1. The van der Waals surface area contributed by atoms with Crippen LogP contribution in [-0.4, -0.2) is 6.61 Å². The minimum atomic E-state index is 0.343. The summed E-state index contributed by atoms with van der Waals surface area (Å²) in [6.07, 6.45) is 1.00. The lowest BCUT2D eigenvalue weighted by atomic mass is 10.0. The van der Waals surface area contributed by atoms with Crippen molar-refractivity contribution in [2.45, 2.75) is 12.5 Å². The highest BCUT2D eigenvalue weighted by atomic mass is 127. The quantitative estimate of drug-likeness (QED) is 0.818. The lowest BCUT2D eigenvalue weighted by molar-refractivity contribution is 0.274. The summed E-state index contributed by atoms with van der Waals surface area (Å²) < 4.78 is 6.92. The van der Waals surface area contributed by atoms with Crippen molar-refractivity contribution in [3.63, 3.8) is 0 Å². The van der Waals surface area contributed by atoms with Gasteiger partial charge in [0.15, 0.2) is 0 Å². The molecule has 1 unspecified atom stereocenters. The van der Waals surface area contributed by atoms with Gasteiger partial charge in [-0.25, -0.2) is 0 Å². The fourth-order valence-electron chi connectivity index (χ4n) is 2.24. The van der Waals surface area contributed by atoms with Gasteiger partial charge in [0, 0.05) is 21.2 Å². The molecule has 1 atom stereocenters. The average Bonchev–Trinajstić information content (AvgIpc) is 2.42. The molecule has 3 rings (SSSR count). The third kappa shape index (κ3) is 2.46. The smallest absolute Gasteiger partial charge is 0.124 e. The number of para-hydroxylation sites is 1. The summed E-state index contributed by atoms with van der Waals surface area (Å²) >= 11 is 2.32. The van der Waals surface area contributed by atoms with Crippen LogP contribution < -0.4 is 10.1 Å². The van der Waals surface area contributed by atoms with Crippen LogP contribution >= 0.6 is 22.6 Å². The van der Waals surface area contributed by atoms with Gasteiger partial charge >= 0.3 is 0 Å². The van der Waals surface area contributed by atoms with Crippen molar-refractivity contribution >= 4 is 28.3 Å². The molecule has 1 aliphatic heterocycles. The van der Waals surface area contributed by atoms with Crippen LogP contribution in [-0.2, 0) is 0 Å². The number of halogens is 1. The zero-order chi connectivity index (χ0) is 12.4. The van der Waals surface area contributed by atoms with E-state index in [9.17, 15) is 0 Å². The van der Waals surface area contributed by atoms with Crippen LogP contribution in [0.2, 0.25) is 0 Å². The van der Waals surface area contributed by atoms with E-state index in [1.54, 1.807) is 0 Å². The van der Waals surface area contributed by atoms with Gasteiger partial charge in [0.1, 0.15) is 5.75 Å². The van der Waals surface area contributed by atoms with Crippen molar-refractivity contribution in [2.24, 2.45) is 0 Å². The number of hydrogen-bond donors (Lipinski definition) is 1. The highest BCUT2D eigenvalue weighted by molar-refractivity contribution is 14.1. The third-order valence-corrected chi connectivity index (χ3v) is 3.86. The molecule has 2 nitrogen and oxygen atoms in total. The molecule has 0 spiro atoms. The van der Waals surface area contributed by atoms with Crippen molar-refractivity contribution in [1.82, 2.24) is 0 Å². The van der Waals surface area contributed by atoms with Gasteiger partial charge in [0.2, 0.25) is 0 Å². The molecule has 0 aromatic heterocycles. The molecule has 3 heteroatoms. The molecule has 92 valence electrons. The maximum absolute atomic E-state index is 5.67. The normalized spacial score (nSPS) is 17.7. The minimum absolute atomic E-state index is 0.343. The van der Waals surface area contributed by atoms with E-state index < -0.39 is 0 Å². The first-order valence-electron chi connectivity index (χ1n) is 6.07. The van der Waals surface area contributed by atoms with E-state index in [1.165, 1.54) is 9.13 Å². The van der Waals surface area contributed by atoms with Crippen molar-refractivity contribution in [1.29, 1.82) is 0 Å². The molecule has 0 bridgehead atoms. The van der Waals surface area contributed by atoms with Gasteiger partial charge in [-0.1, -0.05) is 18.2 Å². The SMILES string of the molecule is Ic1ccc(NC2CCOc3ccccc32)cc1. The van der Waals surface area contributed by atoms with Crippen molar-refractivity contribution in [3.05, 3.63) is 57.7 Å². The first-order chi connectivity index (χ1) is 8.83. The van der Waals surface area contributed by atoms with Gasteiger partial charge < -0.3 is 10.1 Å². The Labute approximate surface area is 121 Å². The molecule has 1 N–H and O–H groups in total. The van der Waals surface area contributed by atoms with Crippen LogP contribution in [0.5, 0.6) is 5.75 Å². The van der Waals surface area contributed by atoms with Crippen LogP contribution in [0.3, 0.4) is 0 Å². The zero-order valence-corrected chi connectivity index (χ0v) is 12.1. The summed E-state index contributed by atoms with van der Waals surface area (Å²) in [5.74, 6) is 1.01. The molecular weight excluding hydrogens is 337 g/mol. The van der Waals surface area contributed by atoms with Crippen LogP contribution in [0.25, 0.3) is 0 Å². The Morgan fingerprint density at radius 3 is 2.67 bits per heavy atom. The van der Waals surface area contributed by atoms with E-state index in [1.807, 2.05) is 12.1 Å². The predicted octanol–water partition coefficient (Wildman–Crippen LogP) is 4.23. The fraction of sp³-hybridized carbons (Fsp3) is 0.200. The van der Waals surface area contributed by atoms with Crippen LogP contribution in [0, 0.1) is 3.57 Å². The molecule has 0 fully saturated rings. The summed E-state index contributed by atoms with van der Waals surface area (Å²) in [6, 6.07) is 17.1. The van der Waals surface area contributed by atoms with Crippen molar-refractivity contribution in [3.8, 4) is 5.75 Å². The highest BCUT2D eigenvalue weighted by Gasteiger charge is 2.20. The van der Waals surface area contributed by atoms with E-state index in [2.05, 4.69) is 64.3 Å². The Bertz CT molecular complexity index is 538. The second kappa shape index (κ2) is 5.18. The standard InChI is InChI=1S/C15H14INO/c16-11-5-7-12(8-6-11)17-14-9-10-18-15-4-2-1-3-13(14)15/h1-8,14,17H,9-10H2. The minimum Gasteiger partial charge on any atom is -0.493 e. The molecular formula is C15H14INO. The molecule has 1 aliphatic rings. The molecule has 1 heterocycles. The van der Waals surface area contributed by atoms with Crippen LogP contribution in [0.15, 0.2) is 48.5 Å². The zero-order valence-electron chi connectivity index (χ0n) is 9.90. The predicted molar refractivity (Wildman–Crippen MR) is 82.1 cm³/mol. The summed E-state index contributed by atoms with van der Waals surface area (Å²) in [7, 11) is 0. The second-order valence-electron chi connectivity index (χ2n) is 4.38. The van der Waals surface area contributed by atoms with Crippen LogP contribution in [0.1, 0.15) is 18.0 Å². The molecule has 2 aromatic rings. The summed E-state index contributed by atoms with van der Waals surface area (Å²) in [5, 5.41) is 3.58. The number of benzene rings is 2. The molecule has 18 heavy (non-hydrogen) atoms. The van der Waals surface area contributed by atoms with E-state index in [4.69, 9.17) is 4.74 Å². The second-order valence-corrected chi connectivity index (χ2v) is 5.62. The maximum atomic E-state index is 5.67. The van der Waals surface area contributed by atoms with Crippen molar-refractivity contribution < 1.29 is 4.74 Å². The summed E-state index contributed by atoms with van der Waals surface area (Å²) in [5.41, 5.74) is 2.42. The summed E-state index contributed by atoms with van der Waals surface area (Å²) in [4.78, 5) is 0. The number of ether oxygens (including phenoxy) is 1. The highest BCUT2D eigenvalue weighted by Crippen LogP contribution is 2.33. The number of rotatable bonds is 2. The molecule has 2 aromatic carbocycles. The van der Waals surface area contributed by atoms with Crippen LogP contribution in [0.4, 0.5) is 5.69 Å².